The van der Waals surface area contributed by atoms with Crippen LogP contribution in [0, 0.1) is 11.3 Å². The molecule has 2 rings (SSSR count). The maximum absolute atomic E-state index is 6.47. The Labute approximate surface area is 126 Å². The summed E-state index contributed by atoms with van der Waals surface area (Å²) >= 11 is 0. The number of hydrogen-bond donors (Lipinski definition) is 1. The van der Waals surface area contributed by atoms with Gasteiger partial charge in [-0.05, 0) is 45.1 Å². The molecule has 0 aromatic heterocycles. The van der Waals surface area contributed by atoms with Crippen LogP contribution in [0.3, 0.4) is 0 Å². The Morgan fingerprint density at radius 1 is 1.10 bits per heavy atom. The number of ether oxygens (including phenoxy) is 1. The molecular formula is C18H35NO. The first kappa shape index (κ1) is 16.3. The summed E-state index contributed by atoms with van der Waals surface area (Å²) in [6.07, 6.45) is 11.8. The molecular weight excluding hydrogens is 246 g/mol. The van der Waals surface area contributed by atoms with Crippen LogP contribution >= 0.6 is 0 Å². The minimum atomic E-state index is 0.396. The van der Waals surface area contributed by atoms with Gasteiger partial charge in [0.05, 0.1) is 12.2 Å². The van der Waals surface area contributed by atoms with Crippen LogP contribution in [0.5, 0.6) is 0 Å². The van der Waals surface area contributed by atoms with E-state index >= 15 is 0 Å². The van der Waals surface area contributed by atoms with Crippen molar-refractivity contribution in [1.82, 2.24) is 5.32 Å². The number of rotatable bonds is 6. The molecule has 2 heteroatoms. The Morgan fingerprint density at radius 3 is 2.30 bits per heavy atom. The van der Waals surface area contributed by atoms with Gasteiger partial charge in [0.15, 0.2) is 0 Å². The third kappa shape index (κ3) is 3.39. The summed E-state index contributed by atoms with van der Waals surface area (Å²) in [4.78, 5) is 0. The van der Waals surface area contributed by atoms with Gasteiger partial charge in [0.1, 0.15) is 0 Å². The van der Waals surface area contributed by atoms with E-state index < -0.39 is 0 Å². The van der Waals surface area contributed by atoms with Gasteiger partial charge in [-0.2, -0.15) is 0 Å². The Bertz CT molecular complexity index is 281. The van der Waals surface area contributed by atoms with Crippen LogP contribution in [-0.4, -0.2) is 24.8 Å². The Morgan fingerprint density at radius 2 is 1.75 bits per heavy atom. The van der Waals surface area contributed by atoms with E-state index in [0.717, 1.165) is 0 Å². The molecule has 2 aliphatic rings. The molecule has 0 bridgehead atoms. The predicted octanol–water partition coefficient (Wildman–Crippen LogP) is 4.53. The molecule has 118 valence electrons. The van der Waals surface area contributed by atoms with Crippen molar-refractivity contribution in [3.05, 3.63) is 0 Å². The van der Waals surface area contributed by atoms with Crippen molar-refractivity contribution in [3.8, 4) is 0 Å². The second-order valence-corrected chi connectivity index (χ2v) is 7.46. The third-order valence-corrected chi connectivity index (χ3v) is 5.78. The molecule has 0 aromatic carbocycles. The highest BCUT2D eigenvalue weighted by Gasteiger charge is 2.55. The summed E-state index contributed by atoms with van der Waals surface area (Å²) in [5, 5.41) is 3.81. The molecule has 0 aliphatic heterocycles. The number of hydrogen-bond acceptors (Lipinski definition) is 2. The van der Waals surface area contributed by atoms with Gasteiger partial charge in [-0.25, -0.2) is 0 Å². The van der Waals surface area contributed by atoms with Gasteiger partial charge < -0.3 is 10.1 Å². The average molecular weight is 281 g/mol. The molecule has 20 heavy (non-hydrogen) atoms. The van der Waals surface area contributed by atoms with Gasteiger partial charge in [-0.3, -0.25) is 0 Å². The smallest absolute Gasteiger partial charge is 0.0665 e. The van der Waals surface area contributed by atoms with Gasteiger partial charge in [-0.15, -0.1) is 0 Å². The van der Waals surface area contributed by atoms with Crippen LogP contribution in [0.4, 0.5) is 0 Å². The van der Waals surface area contributed by atoms with Gasteiger partial charge in [0.2, 0.25) is 0 Å². The van der Waals surface area contributed by atoms with Gasteiger partial charge >= 0.3 is 0 Å². The molecule has 2 fully saturated rings. The minimum Gasteiger partial charge on any atom is -0.374 e. The molecule has 1 N–H and O–H groups in total. The molecule has 0 aromatic rings. The zero-order valence-corrected chi connectivity index (χ0v) is 14.1. The van der Waals surface area contributed by atoms with E-state index in [2.05, 4.69) is 33.0 Å². The largest absolute Gasteiger partial charge is 0.374 e. The zero-order chi connectivity index (χ0) is 14.6. The normalized spacial score (nSPS) is 31.1. The van der Waals surface area contributed by atoms with Crippen molar-refractivity contribution in [2.75, 3.05) is 6.54 Å². The molecule has 2 saturated carbocycles. The molecule has 2 nitrogen and oxygen atoms in total. The van der Waals surface area contributed by atoms with Crippen molar-refractivity contribution in [2.24, 2.45) is 11.3 Å². The summed E-state index contributed by atoms with van der Waals surface area (Å²) in [7, 11) is 0. The lowest BCUT2D eigenvalue weighted by Crippen LogP contribution is -2.64. The van der Waals surface area contributed by atoms with Crippen molar-refractivity contribution >= 4 is 0 Å². The summed E-state index contributed by atoms with van der Waals surface area (Å²) in [6.45, 7) is 10.2. The first-order valence-corrected chi connectivity index (χ1v) is 8.99. The SMILES string of the molecule is CCCNC1CC(OC(C)C(C)C)C12CCCCCC2. The second kappa shape index (κ2) is 7.26. The first-order chi connectivity index (χ1) is 9.60. The summed E-state index contributed by atoms with van der Waals surface area (Å²) < 4.78 is 6.47. The summed E-state index contributed by atoms with van der Waals surface area (Å²) in [5.41, 5.74) is 0.453. The van der Waals surface area contributed by atoms with Gasteiger partial charge in [0.25, 0.3) is 0 Å². The fourth-order valence-electron chi connectivity index (χ4n) is 4.02. The molecule has 0 radical (unpaired) electrons. The molecule has 2 aliphatic carbocycles. The van der Waals surface area contributed by atoms with E-state index in [1.165, 1.54) is 57.9 Å². The van der Waals surface area contributed by atoms with Gasteiger partial charge in [0, 0.05) is 11.5 Å². The van der Waals surface area contributed by atoms with Crippen molar-refractivity contribution in [1.29, 1.82) is 0 Å². The Kier molecular flexibility index (Phi) is 5.92. The van der Waals surface area contributed by atoms with E-state index in [9.17, 15) is 0 Å². The topological polar surface area (TPSA) is 21.3 Å². The number of nitrogens with one attached hydrogen (secondary N) is 1. The fraction of sp³-hybridized carbons (Fsp3) is 1.00. The van der Waals surface area contributed by atoms with Crippen LogP contribution in [0.25, 0.3) is 0 Å². The maximum atomic E-state index is 6.47. The molecule has 0 heterocycles. The van der Waals surface area contributed by atoms with Crippen LogP contribution in [-0.2, 0) is 4.74 Å². The second-order valence-electron chi connectivity index (χ2n) is 7.46. The Balaban J connectivity index is 2.01. The predicted molar refractivity (Wildman–Crippen MR) is 86.0 cm³/mol. The quantitative estimate of drug-likeness (QED) is 0.772. The summed E-state index contributed by atoms with van der Waals surface area (Å²) in [6, 6.07) is 0.713. The molecule has 0 amide bonds. The van der Waals surface area contributed by atoms with Crippen LogP contribution < -0.4 is 5.32 Å². The van der Waals surface area contributed by atoms with Crippen molar-refractivity contribution < 1.29 is 4.74 Å². The highest BCUT2D eigenvalue weighted by molar-refractivity contribution is 5.08. The van der Waals surface area contributed by atoms with E-state index in [0.29, 0.717) is 29.6 Å². The van der Waals surface area contributed by atoms with E-state index in [1.54, 1.807) is 0 Å². The summed E-state index contributed by atoms with van der Waals surface area (Å²) in [5.74, 6) is 0.625. The molecule has 3 atom stereocenters. The molecule has 0 saturated heterocycles. The minimum absolute atomic E-state index is 0.396. The van der Waals surface area contributed by atoms with E-state index in [4.69, 9.17) is 4.74 Å². The average Bonchev–Trinajstić information content (AvgIpc) is 2.69. The van der Waals surface area contributed by atoms with Gasteiger partial charge in [-0.1, -0.05) is 46.5 Å². The van der Waals surface area contributed by atoms with E-state index in [-0.39, 0.29) is 0 Å². The zero-order valence-electron chi connectivity index (χ0n) is 14.1. The standard InChI is InChI=1S/C18H35NO/c1-5-12-19-16-13-17(20-15(4)14(2)3)18(16)10-8-6-7-9-11-18/h14-17,19H,5-13H2,1-4H3. The molecule has 1 spiro atoms. The Hall–Kier alpha value is -0.0800. The molecule has 3 unspecified atom stereocenters. The third-order valence-electron chi connectivity index (χ3n) is 5.78. The van der Waals surface area contributed by atoms with Crippen LogP contribution in [0.15, 0.2) is 0 Å². The fourth-order valence-corrected chi connectivity index (χ4v) is 4.02. The van der Waals surface area contributed by atoms with Crippen LogP contribution in [0.2, 0.25) is 0 Å². The van der Waals surface area contributed by atoms with Crippen molar-refractivity contribution in [3.63, 3.8) is 0 Å². The van der Waals surface area contributed by atoms with Crippen molar-refractivity contribution in [2.45, 2.75) is 97.3 Å². The first-order valence-electron chi connectivity index (χ1n) is 8.99. The maximum Gasteiger partial charge on any atom is 0.0665 e. The lowest BCUT2D eigenvalue weighted by Gasteiger charge is -2.57. The van der Waals surface area contributed by atoms with E-state index in [1.807, 2.05) is 0 Å². The highest BCUT2D eigenvalue weighted by Crippen LogP contribution is 2.53. The van der Waals surface area contributed by atoms with Crippen LogP contribution in [0.1, 0.15) is 79.1 Å². The lowest BCUT2D eigenvalue weighted by atomic mass is 9.57. The highest BCUT2D eigenvalue weighted by atomic mass is 16.5. The monoisotopic (exact) mass is 281 g/mol. The lowest BCUT2D eigenvalue weighted by molar-refractivity contribution is -0.173.